The van der Waals surface area contributed by atoms with E-state index in [1.165, 1.54) is 0 Å². The molecular formula is C18H23N5O3. The first-order valence-electron chi connectivity index (χ1n) is 9.13. The number of nitrogens with zero attached hydrogens (tertiary/aromatic N) is 3. The van der Waals surface area contributed by atoms with Crippen LogP contribution in [0.5, 0.6) is 0 Å². The van der Waals surface area contributed by atoms with Crippen LogP contribution < -0.4 is 11.1 Å². The number of amides is 2. The Morgan fingerprint density at radius 1 is 1.35 bits per heavy atom. The van der Waals surface area contributed by atoms with E-state index in [1.54, 1.807) is 10.9 Å². The van der Waals surface area contributed by atoms with Gasteiger partial charge in [-0.25, -0.2) is 0 Å². The zero-order chi connectivity index (χ0) is 18.4. The number of hydrogen-bond acceptors (Lipinski definition) is 5. The lowest BCUT2D eigenvalue weighted by Crippen LogP contribution is -2.50. The highest BCUT2D eigenvalue weighted by molar-refractivity contribution is 6.02. The summed E-state index contributed by atoms with van der Waals surface area (Å²) in [7, 11) is 0. The predicted molar refractivity (Wildman–Crippen MR) is 92.0 cm³/mol. The number of primary amides is 1. The Morgan fingerprint density at radius 2 is 2.04 bits per heavy atom. The lowest BCUT2D eigenvalue weighted by Gasteiger charge is -2.50. The van der Waals surface area contributed by atoms with E-state index in [0.717, 1.165) is 51.7 Å². The van der Waals surface area contributed by atoms with Crippen molar-refractivity contribution in [2.75, 3.05) is 18.5 Å². The number of hydrogen-bond donors (Lipinski definition) is 2. The van der Waals surface area contributed by atoms with E-state index in [0.29, 0.717) is 6.42 Å². The van der Waals surface area contributed by atoms with Gasteiger partial charge in [-0.2, -0.15) is 10.4 Å². The maximum atomic E-state index is 12.1. The Labute approximate surface area is 151 Å². The monoisotopic (exact) mass is 357 g/mol. The molecule has 2 aliphatic carbocycles. The highest BCUT2D eigenvalue weighted by Gasteiger charge is 2.48. The van der Waals surface area contributed by atoms with Crippen LogP contribution in [0.1, 0.15) is 55.3 Å². The molecule has 4 rings (SSSR count). The number of nitrogens with two attached hydrogens (primary N) is 1. The SMILES string of the molecule is N#CCC1(n2cc(C(N)=O)c(NC(=O)C3CC3)n2)CCC2(CC1)COC2. The summed E-state index contributed by atoms with van der Waals surface area (Å²) in [6.45, 7) is 1.56. The van der Waals surface area contributed by atoms with Gasteiger partial charge < -0.3 is 15.8 Å². The third kappa shape index (κ3) is 2.86. The minimum absolute atomic E-state index is 0.00194. The zero-order valence-corrected chi connectivity index (χ0v) is 14.7. The molecule has 2 saturated carbocycles. The minimum Gasteiger partial charge on any atom is -0.380 e. The number of anilines is 1. The summed E-state index contributed by atoms with van der Waals surface area (Å²) in [5.41, 5.74) is 5.46. The van der Waals surface area contributed by atoms with Crippen molar-refractivity contribution in [1.82, 2.24) is 9.78 Å². The molecule has 3 N–H and O–H groups in total. The van der Waals surface area contributed by atoms with Crippen LogP contribution in [0, 0.1) is 22.7 Å². The van der Waals surface area contributed by atoms with Crippen LogP contribution in [0.25, 0.3) is 0 Å². The van der Waals surface area contributed by atoms with E-state index in [1.807, 2.05) is 0 Å². The number of aromatic nitrogens is 2. The number of nitriles is 1. The molecule has 1 spiro atoms. The maximum absolute atomic E-state index is 12.1. The summed E-state index contributed by atoms with van der Waals surface area (Å²) in [5.74, 6) is -0.545. The number of rotatable bonds is 5. The molecule has 1 aromatic rings. The summed E-state index contributed by atoms with van der Waals surface area (Å²) < 4.78 is 7.08. The topological polar surface area (TPSA) is 123 Å². The summed E-state index contributed by atoms with van der Waals surface area (Å²) in [5, 5.41) is 16.6. The van der Waals surface area contributed by atoms with Crippen LogP contribution in [-0.4, -0.2) is 34.8 Å². The Kier molecular flexibility index (Phi) is 3.99. The molecule has 0 aromatic carbocycles. The second-order valence-electron chi connectivity index (χ2n) is 8.02. The van der Waals surface area contributed by atoms with Gasteiger partial charge in [0.25, 0.3) is 5.91 Å². The van der Waals surface area contributed by atoms with E-state index >= 15 is 0 Å². The number of ether oxygens (including phenoxy) is 1. The Bertz CT molecular complexity index is 775. The molecule has 1 saturated heterocycles. The van der Waals surface area contributed by atoms with Crippen LogP contribution >= 0.6 is 0 Å². The van der Waals surface area contributed by atoms with E-state index in [2.05, 4.69) is 16.5 Å². The second kappa shape index (κ2) is 6.09. The summed E-state index contributed by atoms with van der Waals surface area (Å²) >= 11 is 0. The molecule has 1 aromatic heterocycles. The molecule has 0 radical (unpaired) electrons. The largest absolute Gasteiger partial charge is 0.380 e. The molecule has 8 nitrogen and oxygen atoms in total. The van der Waals surface area contributed by atoms with Crippen molar-refractivity contribution in [3.63, 3.8) is 0 Å². The van der Waals surface area contributed by atoms with Gasteiger partial charge in [-0.15, -0.1) is 0 Å². The molecule has 26 heavy (non-hydrogen) atoms. The fourth-order valence-corrected chi connectivity index (χ4v) is 4.01. The summed E-state index contributed by atoms with van der Waals surface area (Å²) in [6, 6.07) is 2.27. The van der Waals surface area contributed by atoms with Crippen molar-refractivity contribution < 1.29 is 14.3 Å². The smallest absolute Gasteiger partial charge is 0.254 e. The van der Waals surface area contributed by atoms with Gasteiger partial charge >= 0.3 is 0 Å². The first kappa shape index (κ1) is 17.0. The molecule has 0 bridgehead atoms. The molecule has 0 atom stereocenters. The Morgan fingerprint density at radius 3 is 2.54 bits per heavy atom. The van der Waals surface area contributed by atoms with Crippen LogP contribution in [0.15, 0.2) is 6.20 Å². The Hall–Kier alpha value is -2.40. The van der Waals surface area contributed by atoms with Crippen LogP contribution in [0.4, 0.5) is 5.82 Å². The van der Waals surface area contributed by atoms with Crippen LogP contribution in [-0.2, 0) is 15.1 Å². The van der Waals surface area contributed by atoms with Gasteiger partial charge in [0.05, 0.1) is 31.2 Å². The van der Waals surface area contributed by atoms with Gasteiger partial charge in [0.1, 0.15) is 5.56 Å². The summed E-state index contributed by atoms with van der Waals surface area (Å²) in [6.07, 6.45) is 7.13. The van der Waals surface area contributed by atoms with Crippen LogP contribution in [0.2, 0.25) is 0 Å². The Balaban J connectivity index is 1.62. The van der Waals surface area contributed by atoms with Crippen LogP contribution in [0.3, 0.4) is 0 Å². The molecule has 138 valence electrons. The van der Waals surface area contributed by atoms with E-state index in [4.69, 9.17) is 10.5 Å². The minimum atomic E-state index is -0.630. The van der Waals surface area contributed by atoms with Gasteiger partial charge in [0.2, 0.25) is 5.91 Å². The molecule has 2 amide bonds. The molecule has 0 unspecified atom stereocenters. The lowest BCUT2D eigenvalue weighted by molar-refractivity contribution is -0.144. The number of nitrogens with one attached hydrogen (secondary N) is 1. The van der Waals surface area contributed by atoms with Crippen molar-refractivity contribution in [2.24, 2.45) is 17.1 Å². The third-order valence-corrected chi connectivity index (χ3v) is 6.12. The second-order valence-corrected chi connectivity index (χ2v) is 8.02. The van der Waals surface area contributed by atoms with E-state index < -0.39 is 11.4 Å². The maximum Gasteiger partial charge on any atom is 0.254 e. The molecule has 3 aliphatic rings. The average molecular weight is 357 g/mol. The van der Waals surface area contributed by atoms with E-state index in [-0.39, 0.29) is 28.6 Å². The highest BCUT2D eigenvalue weighted by Crippen LogP contribution is 2.49. The average Bonchev–Trinajstić information content (AvgIpc) is 3.35. The van der Waals surface area contributed by atoms with Gasteiger partial charge in [-0.3, -0.25) is 14.3 Å². The van der Waals surface area contributed by atoms with Crippen molar-refractivity contribution >= 4 is 17.6 Å². The van der Waals surface area contributed by atoms with Crippen molar-refractivity contribution in [3.8, 4) is 6.07 Å². The van der Waals surface area contributed by atoms with Gasteiger partial charge in [0.15, 0.2) is 5.82 Å². The van der Waals surface area contributed by atoms with Gasteiger partial charge in [-0.05, 0) is 38.5 Å². The molecule has 3 fully saturated rings. The van der Waals surface area contributed by atoms with Crippen molar-refractivity contribution in [3.05, 3.63) is 11.8 Å². The zero-order valence-electron chi connectivity index (χ0n) is 14.7. The number of carbonyl (C=O) groups excluding carboxylic acids is 2. The number of carbonyl (C=O) groups is 2. The van der Waals surface area contributed by atoms with Crippen molar-refractivity contribution in [1.29, 1.82) is 5.26 Å². The fourth-order valence-electron chi connectivity index (χ4n) is 4.01. The van der Waals surface area contributed by atoms with Gasteiger partial charge in [-0.1, -0.05) is 0 Å². The quantitative estimate of drug-likeness (QED) is 0.827. The van der Waals surface area contributed by atoms with E-state index in [9.17, 15) is 14.9 Å². The fraction of sp³-hybridized carbons (Fsp3) is 0.667. The first-order chi connectivity index (χ1) is 12.5. The molecular weight excluding hydrogens is 334 g/mol. The molecule has 2 heterocycles. The lowest BCUT2D eigenvalue weighted by atomic mass is 9.65. The normalized spacial score (nSPS) is 23.0. The third-order valence-electron chi connectivity index (χ3n) is 6.12. The predicted octanol–water partition coefficient (Wildman–Crippen LogP) is 1.53. The van der Waals surface area contributed by atoms with Crippen molar-refractivity contribution in [2.45, 2.75) is 50.5 Å². The molecule has 1 aliphatic heterocycles. The summed E-state index contributed by atoms with van der Waals surface area (Å²) in [4.78, 5) is 23.9. The standard InChI is InChI=1S/C18H23N5O3/c19-8-7-18(5-3-17(4-6-18)10-26-11-17)23-9-13(14(20)24)15(22-23)21-16(25)12-1-2-12/h9,12H,1-7,10-11H2,(H2,20,24)(H,21,22,25). The highest BCUT2D eigenvalue weighted by atomic mass is 16.5. The molecule has 8 heteroatoms. The first-order valence-corrected chi connectivity index (χ1v) is 9.13. The van der Waals surface area contributed by atoms with Gasteiger partial charge in [0, 0.05) is 17.5 Å².